The van der Waals surface area contributed by atoms with E-state index in [1.165, 1.54) is 5.69 Å². The number of benzene rings is 1. The first-order valence-corrected chi connectivity index (χ1v) is 7.78. The first kappa shape index (κ1) is 13.5. The van der Waals surface area contributed by atoms with Gasteiger partial charge in [-0.25, -0.2) is 0 Å². The molecule has 2 aliphatic rings. The Labute approximate surface area is 129 Å². The molecule has 0 spiro atoms. The molecular weight excluding hydrogens is 278 g/mol. The monoisotopic (exact) mass is 297 g/mol. The summed E-state index contributed by atoms with van der Waals surface area (Å²) in [4.78, 5) is 21.1. The van der Waals surface area contributed by atoms with Crippen LogP contribution in [-0.4, -0.2) is 55.2 Å². The lowest BCUT2D eigenvalue weighted by molar-refractivity contribution is -0.140. The maximum absolute atomic E-state index is 12.5. The van der Waals surface area contributed by atoms with E-state index in [0.717, 1.165) is 37.1 Å². The number of carbonyl (C=O) groups excluding carboxylic acids is 1. The molecule has 4 rings (SSSR count). The molecule has 22 heavy (non-hydrogen) atoms. The van der Waals surface area contributed by atoms with Gasteiger partial charge >= 0.3 is 0 Å². The molecule has 2 aromatic rings. The van der Waals surface area contributed by atoms with Gasteiger partial charge in [-0.2, -0.15) is 0 Å². The quantitative estimate of drug-likeness (QED) is 0.843. The minimum atomic E-state index is 0.116. The van der Waals surface area contributed by atoms with Gasteiger partial charge in [-0.15, -0.1) is 0 Å². The highest BCUT2D eigenvalue weighted by molar-refractivity contribution is 5.93. The Hall–Kier alpha value is -2.14. The van der Waals surface area contributed by atoms with Crippen molar-refractivity contribution in [3.63, 3.8) is 0 Å². The van der Waals surface area contributed by atoms with E-state index in [9.17, 15) is 4.79 Å². The van der Waals surface area contributed by atoms with Crippen LogP contribution in [0.5, 0.6) is 0 Å². The number of nitrogens with zero attached hydrogens (tertiary/aromatic N) is 3. The molecule has 114 valence electrons. The Morgan fingerprint density at radius 1 is 1.14 bits per heavy atom. The highest BCUT2D eigenvalue weighted by atomic mass is 16.5. The van der Waals surface area contributed by atoms with E-state index in [2.05, 4.69) is 16.0 Å². The number of hydrogen-bond acceptors (Lipinski definition) is 4. The highest BCUT2D eigenvalue weighted by Crippen LogP contribution is 2.31. The number of carbonyl (C=O) groups is 1. The van der Waals surface area contributed by atoms with Gasteiger partial charge in [0.2, 0.25) is 5.91 Å². The summed E-state index contributed by atoms with van der Waals surface area (Å²) in [6.45, 7) is 4.38. The van der Waals surface area contributed by atoms with Crippen LogP contribution in [0.4, 0.5) is 5.69 Å². The predicted molar refractivity (Wildman–Crippen MR) is 84.8 cm³/mol. The van der Waals surface area contributed by atoms with Crippen LogP contribution in [0, 0.1) is 5.92 Å². The van der Waals surface area contributed by atoms with Crippen molar-refractivity contribution < 1.29 is 9.53 Å². The van der Waals surface area contributed by atoms with Gasteiger partial charge < -0.3 is 14.5 Å². The third-order valence-electron chi connectivity index (χ3n) is 4.52. The van der Waals surface area contributed by atoms with E-state index in [1.54, 1.807) is 0 Å². The summed E-state index contributed by atoms with van der Waals surface area (Å²) in [5.41, 5.74) is 2.18. The lowest BCUT2D eigenvalue weighted by Crippen LogP contribution is -2.56. The van der Waals surface area contributed by atoms with Gasteiger partial charge in [0.25, 0.3) is 0 Å². The molecule has 1 aromatic carbocycles. The Morgan fingerprint density at radius 2 is 1.91 bits per heavy atom. The summed E-state index contributed by atoms with van der Waals surface area (Å²) in [6, 6.07) is 10.2. The lowest BCUT2D eigenvalue weighted by atomic mass is 9.96. The zero-order chi connectivity index (χ0) is 14.9. The van der Waals surface area contributed by atoms with Crippen molar-refractivity contribution in [2.75, 3.05) is 44.3 Å². The number of anilines is 1. The van der Waals surface area contributed by atoms with Crippen molar-refractivity contribution in [1.82, 2.24) is 9.88 Å². The zero-order valence-corrected chi connectivity index (χ0v) is 12.4. The second kappa shape index (κ2) is 5.57. The number of hydrogen-bond donors (Lipinski definition) is 0. The third-order valence-corrected chi connectivity index (χ3v) is 4.52. The lowest BCUT2D eigenvalue weighted by Gasteiger charge is -2.43. The Morgan fingerprint density at radius 3 is 2.73 bits per heavy atom. The number of pyridine rings is 1. The van der Waals surface area contributed by atoms with Crippen molar-refractivity contribution in [3.05, 3.63) is 36.5 Å². The molecule has 3 heterocycles. The molecule has 0 atom stereocenters. The molecule has 2 aliphatic heterocycles. The van der Waals surface area contributed by atoms with E-state index >= 15 is 0 Å². The molecule has 0 bridgehead atoms. The fraction of sp³-hybridized carbons (Fsp3) is 0.412. The third kappa shape index (κ3) is 2.31. The van der Waals surface area contributed by atoms with E-state index in [1.807, 2.05) is 35.4 Å². The van der Waals surface area contributed by atoms with Crippen molar-refractivity contribution >= 4 is 22.5 Å². The minimum Gasteiger partial charge on any atom is -0.378 e. The molecule has 1 aromatic heterocycles. The van der Waals surface area contributed by atoms with Crippen molar-refractivity contribution in [2.45, 2.75) is 0 Å². The molecule has 2 saturated heterocycles. The van der Waals surface area contributed by atoms with Crippen LogP contribution >= 0.6 is 0 Å². The number of morpholine rings is 1. The molecule has 0 unspecified atom stereocenters. The number of fused-ring (bicyclic) bond motifs is 1. The van der Waals surface area contributed by atoms with Crippen LogP contribution in [-0.2, 0) is 9.53 Å². The summed E-state index contributed by atoms with van der Waals surface area (Å²) in [7, 11) is 0. The first-order valence-electron chi connectivity index (χ1n) is 7.78. The van der Waals surface area contributed by atoms with E-state index in [0.29, 0.717) is 13.2 Å². The average Bonchev–Trinajstić information content (AvgIpc) is 2.54. The fourth-order valence-electron chi connectivity index (χ4n) is 3.23. The largest absolute Gasteiger partial charge is 0.378 e. The van der Waals surface area contributed by atoms with Crippen LogP contribution < -0.4 is 4.90 Å². The van der Waals surface area contributed by atoms with Crippen LogP contribution in [0.3, 0.4) is 0 Å². The number of para-hydroxylation sites is 1. The standard InChI is InChI=1S/C17H19N3O2/c21-17(19-7-9-22-10-8-19)13-11-20(12-13)16-5-6-18-15-4-2-1-3-14(15)16/h1-6,13H,7-12H2. The predicted octanol–water partition coefficient (Wildman–Crippen LogP) is 1.53. The normalized spacial score (nSPS) is 19.3. The van der Waals surface area contributed by atoms with Crippen LogP contribution in [0.2, 0.25) is 0 Å². The van der Waals surface area contributed by atoms with Gasteiger partial charge in [-0.3, -0.25) is 9.78 Å². The number of rotatable bonds is 2. The summed E-state index contributed by atoms with van der Waals surface area (Å²) in [5, 5.41) is 1.15. The number of aromatic nitrogens is 1. The molecule has 2 fully saturated rings. The fourth-order valence-corrected chi connectivity index (χ4v) is 3.23. The smallest absolute Gasteiger partial charge is 0.229 e. The summed E-state index contributed by atoms with van der Waals surface area (Å²) in [5.74, 6) is 0.392. The molecule has 5 heteroatoms. The Kier molecular flexibility index (Phi) is 3.42. The minimum absolute atomic E-state index is 0.116. The van der Waals surface area contributed by atoms with Crippen molar-refractivity contribution in [1.29, 1.82) is 0 Å². The number of ether oxygens (including phenoxy) is 1. The van der Waals surface area contributed by atoms with Gasteiger partial charge in [0.15, 0.2) is 0 Å². The average molecular weight is 297 g/mol. The van der Waals surface area contributed by atoms with E-state index < -0.39 is 0 Å². The molecule has 0 N–H and O–H groups in total. The van der Waals surface area contributed by atoms with Crippen LogP contribution in [0.1, 0.15) is 0 Å². The SMILES string of the molecule is O=C(C1CN(c2ccnc3ccccc23)C1)N1CCOCC1. The summed E-state index contributed by atoms with van der Waals surface area (Å²) in [6.07, 6.45) is 1.84. The second-order valence-corrected chi connectivity index (χ2v) is 5.89. The highest BCUT2D eigenvalue weighted by Gasteiger charge is 2.36. The summed E-state index contributed by atoms with van der Waals surface area (Å²) < 4.78 is 5.31. The molecule has 0 saturated carbocycles. The molecule has 1 amide bonds. The van der Waals surface area contributed by atoms with E-state index in [-0.39, 0.29) is 11.8 Å². The zero-order valence-electron chi connectivity index (χ0n) is 12.4. The molecule has 0 radical (unpaired) electrons. The van der Waals surface area contributed by atoms with Crippen LogP contribution in [0.25, 0.3) is 10.9 Å². The maximum Gasteiger partial charge on any atom is 0.229 e. The maximum atomic E-state index is 12.5. The van der Waals surface area contributed by atoms with Crippen molar-refractivity contribution in [3.8, 4) is 0 Å². The van der Waals surface area contributed by atoms with Crippen molar-refractivity contribution in [2.24, 2.45) is 5.92 Å². The van der Waals surface area contributed by atoms with E-state index in [4.69, 9.17) is 4.74 Å². The van der Waals surface area contributed by atoms with Gasteiger partial charge in [-0.1, -0.05) is 18.2 Å². The van der Waals surface area contributed by atoms with Gasteiger partial charge in [0, 0.05) is 43.4 Å². The van der Waals surface area contributed by atoms with Gasteiger partial charge in [0.05, 0.1) is 24.6 Å². The van der Waals surface area contributed by atoms with Crippen LogP contribution in [0.15, 0.2) is 36.5 Å². The molecular formula is C17H19N3O2. The number of amides is 1. The molecule has 0 aliphatic carbocycles. The topological polar surface area (TPSA) is 45.7 Å². The van der Waals surface area contributed by atoms with Gasteiger partial charge in [0.1, 0.15) is 0 Å². The van der Waals surface area contributed by atoms with Gasteiger partial charge in [-0.05, 0) is 12.1 Å². The Balaban J connectivity index is 1.47. The Bertz CT molecular complexity index is 686. The summed E-state index contributed by atoms with van der Waals surface area (Å²) >= 11 is 0. The molecule has 5 nitrogen and oxygen atoms in total. The second-order valence-electron chi connectivity index (χ2n) is 5.89. The first-order chi connectivity index (χ1) is 10.8.